The lowest BCUT2D eigenvalue weighted by Gasteiger charge is -2.20. The largest absolute Gasteiger partial charge is 0.399 e. The molecule has 15 heavy (non-hydrogen) atoms. The molecule has 0 spiro atoms. The Hall–Kier alpha value is -1.31. The van der Waals surface area contributed by atoms with Crippen LogP contribution in [0.25, 0.3) is 0 Å². The summed E-state index contributed by atoms with van der Waals surface area (Å²) in [5, 5.41) is 0. The summed E-state index contributed by atoms with van der Waals surface area (Å²) in [6.07, 6.45) is 3.47. The van der Waals surface area contributed by atoms with Gasteiger partial charge in [0.25, 0.3) is 0 Å². The molecule has 0 aromatic heterocycles. The zero-order valence-corrected chi connectivity index (χ0v) is 8.65. The summed E-state index contributed by atoms with van der Waals surface area (Å²) in [5.74, 6) is 1.60. The second-order valence-electron chi connectivity index (χ2n) is 4.82. The summed E-state index contributed by atoms with van der Waals surface area (Å²) in [7, 11) is 0. The molecule has 0 aliphatic heterocycles. The van der Waals surface area contributed by atoms with Gasteiger partial charge in [-0.1, -0.05) is 12.1 Å². The monoisotopic (exact) mass is 201 g/mol. The first-order chi connectivity index (χ1) is 7.25. The molecule has 2 aliphatic carbocycles. The third-order valence-corrected chi connectivity index (χ3v) is 3.95. The minimum Gasteiger partial charge on any atom is -0.399 e. The molecule has 0 radical (unpaired) electrons. The minimum atomic E-state index is 0.171. The van der Waals surface area contributed by atoms with Crippen molar-refractivity contribution < 1.29 is 4.79 Å². The van der Waals surface area contributed by atoms with Gasteiger partial charge < -0.3 is 5.73 Å². The second-order valence-corrected chi connectivity index (χ2v) is 4.82. The molecular weight excluding hydrogens is 186 g/mol. The number of nitrogen functional groups attached to an aromatic ring is 1. The van der Waals surface area contributed by atoms with E-state index in [1.165, 1.54) is 12.0 Å². The van der Waals surface area contributed by atoms with E-state index in [0.717, 1.165) is 18.5 Å². The van der Waals surface area contributed by atoms with Crippen molar-refractivity contribution in [3.8, 4) is 0 Å². The van der Waals surface area contributed by atoms with Gasteiger partial charge >= 0.3 is 0 Å². The number of anilines is 1. The summed E-state index contributed by atoms with van der Waals surface area (Å²) in [4.78, 5) is 12.0. The highest BCUT2D eigenvalue weighted by atomic mass is 16.1. The van der Waals surface area contributed by atoms with Gasteiger partial charge in [0.05, 0.1) is 0 Å². The molecule has 2 saturated carbocycles. The number of rotatable bonds is 1. The van der Waals surface area contributed by atoms with Gasteiger partial charge in [-0.05, 0) is 42.9 Å². The molecule has 0 saturated heterocycles. The number of hydrogen-bond acceptors (Lipinski definition) is 2. The summed E-state index contributed by atoms with van der Waals surface area (Å²) in [5.41, 5.74) is 7.59. The van der Waals surface area contributed by atoms with E-state index in [2.05, 4.69) is 0 Å². The molecule has 1 aromatic carbocycles. The number of carbonyl (C=O) groups is 1. The van der Waals surface area contributed by atoms with Crippen LogP contribution >= 0.6 is 0 Å². The quantitative estimate of drug-likeness (QED) is 0.709. The molecule has 0 heterocycles. The first kappa shape index (κ1) is 8.96. The fraction of sp³-hybridized carbons (Fsp3) is 0.462. The smallest absolute Gasteiger partial charge is 0.143 e. The third-order valence-electron chi connectivity index (χ3n) is 3.95. The van der Waals surface area contributed by atoms with Crippen LogP contribution in [-0.2, 0) is 4.79 Å². The van der Waals surface area contributed by atoms with Gasteiger partial charge in [-0.3, -0.25) is 4.79 Å². The number of benzene rings is 1. The van der Waals surface area contributed by atoms with Gasteiger partial charge in [-0.15, -0.1) is 0 Å². The first-order valence-electron chi connectivity index (χ1n) is 5.65. The predicted octanol–water partition coefficient (Wildman–Crippen LogP) is 2.35. The van der Waals surface area contributed by atoms with E-state index >= 15 is 0 Å². The van der Waals surface area contributed by atoms with Gasteiger partial charge in [0.2, 0.25) is 0 Å². The van der Waals surface area contributed by atoms with Crippen molar-refractivity contribution in [3.63, 3.8) is 0 Å². The molecule has 0 amide bonds. The Morgan fingerprint density at radius 2 is 1.87 bits per heavy atom. The number of carbonyl (C=O) groups excluding carboxylic acids is 1. The Balaban J connectivity index is 1.94. The molecular formula is C13H15NO. The van der Waals surface area contributed by atoms with Crippen LogP contribution in [0.4, 0.5) is 5.69 Å². The van der Waals surface area contributed by atoms with E-state index in [9.17, 15) is 4.79 Å². The maximum absolute atomic E-state index is 12.0. The Morgan fingerprint density at radius 3 is 2.47 bits per heavy atom. The molecule has 2 nitrogen and oxygen atoms in total. The highest BCUT2D eigenvalue weighted by molar-refractivity contribution is 5.91. The maximum atomic E-state index is 12.0. The molecule has 78 valence electrons. The fourth-order valence-electron chi connectivity index (χ4n) is 3.20. The lowest BCUT2D eigenvalue weighted by Crippen LogP contribution is -2.19. The molecule has 2 N–H and O–H groups in total. The summed E-state index contributed by atoms with van der Waals surface area (Å²) < 4.78 is 0. The minimum absolute atomic E-state index is 0.171. The Kier molecular flexibility index (Phi) is 1.84. The van der Waals surface area contributed by atoms with E-state index in [-0.39, 0.29) is 5.92 Å². The molecule has 2 bridgehead atoms. The van der Waals surface area contributed by atoms with Crippen molar-refractivity contribution >= 4 is 11.5 Å². The first-order valence-corrected chi connectivity index (χ1v) is 5.65. The van der Waals surface area contributed by atoms with Crippen LogP contribution in [0, 0.1) is 11.8 Å². The topological polar surface area (TPSA) is 43.1 Å². The number of ketones is 1. The summed E-state index contributed by atoms with van der Waals surface area (Å²) in [6, 6.07) is 7.82. The van der Waals surface area contributed by atoms with Crippen molar-refractivity contribution in [3.05, 3.63) is 29.8 Å². The lowest BCUT2D eigenvalue weighted by molar-refractivity contribution is -0.123. The molecule has 3 rings (SSSR count). The van der Waals surface area contributed by atoms with Crippen LogP contribution in [0.3, 0.4) is 0 Å². The molecule has 2 fully saturated rings. The Labute approximate surface area is 89.5 Å². The molecule has 1 aromatic rings. The predicted molar refractivity (Wildman–Crippen MR) is 59.4 cm³/mol. The Morgan fingerprint density at radius 1 is 1.13 bits per heavy atom. The normalized spacial score (nSPS) is 33.6. The van der Waals surface area contributed by atoms with E-state index in [4.69, 9.17) is 5.73 Å². The van der Waals surface area contributed by atoms with Crippen molar-refractivity contribution in [2.24, 2.45) is 11.8 Å². The molecule has 3 unspecified atom stereocenters. The number of fused-ring (bicyclic) bond motifs is 2. The molecule has 2 aliphatic rings. The van der Waals surface area contributed by atoms with Crippen LogP contribution in [0.1, 0.15) is 30.7 Å². The SMILES string of the molecule is Nc1ccc(C2C(=O)C3CCC2C3)cc1. The van der Waals surface area contributed by atoms with Crippen LogP contribution in [0.2, 0.25) is 0 Å². The van der Waals surface area contributed by atoms with Gasteiger partial charge in [0.15, 0.2) is 0 Å². The fourth-order valence-corrected chi connectivity index (χ4v) is 3.20. The van der Waals surface area contributed by atoms with E-state index < -0.39 is 0 Å². The van der Waals surface area contributed by atoms with Crippen LogP contribution < -0.4 is 5.73 Å². The highest BCUT2D eigenvalue weighted by Crippen LogP contribution is 2.50. The van der Waals surface area contributed by atoms with Crippen molar-refractivity contribution in [1.82, 2.24) is 0 Å². The van der Waals surface area contributed by atoms with Gasteiger partial charge in [-0.2, -0.15) is 0 Å². The summed E-state index contributed by atoms with van der Waals surface area (Å²) in [6.45, 7) is 0. The Bertz CT molecular complexity index is 396. The number of hydrogen-bond donors (Lipinski definition) is 1. The zero-order valence-electron chi connectivity index (χ0n) is 8.65. The van der Waals surface area contributed by atoms with Crippen LogP contribution in [-0.4, -0.2) is 5.78 Å². The second kappa shape index (κ2) is 3.09. The van der Waals surface area contributed by atoms with Crippen molar-refractivity contribution in [2.75, 3.05) is 5.73 Å². The van der Waals surface area contributed by atoms with Gasteiger partial charge in [-0.25, -0.2) is 0 Å². The number of nitrogens with two attached hydrogens (primary N) is 1. The standard InChI is InChI=1S/C13H15NO/c14-11-5-3-8(4-6-11)12-9-1-2-10(7-9)13(12)15/h3-6,9-10,12H,1-2,7,14H2. The average Bonchev–Trinajstić information content (AvgIpc) is 2.80. The van der Waals surface area contributed by atoms with Crippen LogP contribution in [0.5, 0.6) is 0 Å². The van der Waals surface area contributed by atoms with Crippen LogP contribution in [0.15, 0.2) is 24.3 Å². The van der Waals surface area contributed by atoms with E-state index in [0.29, 0.717) is 17.6 Å². The van der Waals surface area contributed by atoms with Crippen molar-refractivity contribution in [1.29, 1.82) is 0 Å². The van der Waals surface area contributed by atoms with Gasteiger partial charge in [0.1, 0.15) is 5.78 Å². The highest BCUT2D eigenvalue weighted by Gasteiger charge is 2.47. The number of Topliss-reactive ketones (excluding diaryl/α,β-unsaturated/α-hetero) is 1. The van der Waals surface area contributed by atoms with Crippen molar-refractivity contribution in [2.45, 2.75) is 25.2 Å². The molecule has 3 atom stereocenters. The maximum Gasteiger partial charge on any atom is 0.143 e. The third kappa shape index (κ3) is 1.28. The lowest BCUT2D eigenvalue weighted by atomic mass is 9.82. The average molecular weight is 201 g/mol. The zero-order chi connectivity index (χ0) is 10.4. The van der Waals surface area contributed by atoms with E-state index in [1.54, 1.807) is 0 Å². The molecule has 2 heteroatoms. The van der Waals surface area contributed by atoms with E-state index in [1.807, 2.05) is 24.3 Å². The summed E-state index contributed by atoms with van der Waals surface area (Å²) >= 11 is 0. The van der Waals surface area contributed by atoms with Gasteiger partial charge in [0, 0.05) is 17.5 Å².